The number of ether oxygens (including phenoxy) is 2. The van der Waals surface area contributed by atoms with Crippen molar-refractivity contribution in [2.45, 2.75) is 59.2 Å². The van der Waals surface area contributed by atoms with Gasteiger partial charge in [0, 0.05) is 17.4 Å². The molecule has 2 aliphatic carbocycles. The monoisotopic (exact) mass is 382 g/mol. The van der Waals surface area contributed by atoms with Gasteiger partial charge in [-0.1, -0.05) is 52.0 Å². The number of ketones is 1. The van der Waals surface area contributed by atoms with E-state index < -0.39 is 17.7 Å². The van der Waals surface area contributed by atoms with Crippen molar-refractivity contribution in [3.05, 3.63) is 41.0 Å². The highest BCUT2D eigenvalue weighted by molar-refractivity contribution is 6.07. The molecule has 148 valence electrons. The van der Waals surface area contributed by atoms with Crippen molar-refractivity contribution in [1.29, 1.82) is 0 Å². The largest absolute Gasteiger partial charge is 0.417 e. The Morgan fingerprint density at radius 1 is 1.04 bits per heavy atom. The maximum atomic E-state index is 13.0. The number of allylic oxidation sites excluding steroid dienone is 1. The lowest BCUT2D eigenvalue weighted by molar-refractivity contribution is -0.250. The van der Waals surface area contributed by atoms with Gasteiger partial charge in [-0.2, -0.15) is 0 Å². The summed E-state index contributed by atoms with van der Waals surface area (Å²) < 4.78 is 10.8. The average molecular weight is 382 g/mol. The van der Waals surface area contributed by atoms with E-state index in [1.807, 2.05) is 18.2 Å². The minimum absolute atomic E-state index is 0.0212. The highest BCUT2D eigenvalue weighted by Gasteiger charge is 2.63. The van der Waals surface area contributed by atoms with Crippen molar-refractivity contribution in [3.8, 4) is 0 Å². The van der Waals surface area contributed by atoms with Gasteiger partial charge in [-0.25, -0.2) is 0 Å². The van der Waals surface area contributed by atoms with E-state index in [1.54, 1.807) is 19.1 Å². The molecule has 5 heteroatoms. The van der Waals surface area contributed by atoms with Crippen LogP contribution in [0, 0.1) is 16.7 Å². The third-order valence-corrected chi connectivity index (χ3v) is 7.35. The molecule has 1 aromatic rings. The summed E-state index contributed by atoms with van der Waals surface area (Å²) in [6, 6.07) is 7.36. The summed E-state index contributed by atoms with van der Waals surface area (Å²) in [7, 11) is 0. The third-order valence-electron chi connectivity index (χ3n) is 7.35. The summed E-state index contributed by atoms with van der Waals surface area (Å²) in [5, 5.41) is 0. The summed E-state index contributed by atoms with van der Waals surface area (Å²) in [5.41, 5.74) is 2.14. The molecule has 0 N–H and O–H groups in total. The van der Waals surface area contributed by atoms with Crippen molar-refractivity contribution in [2.24, 2.45) is 16.7 Å². The van der Waals surface area contributed by atoms with Crippen molar-refractivity contribution < 1.29 is 23.9 Å². The van der Waals surface area contributed by atoms with Gasteiger partial charge >= 0.3 is 11.9 Å². The molecule has 0 radical (unpaired) electrons. The van der Waals surface area contributed by atoms with Crippen LogP contribution < -0.4 is 0 Å². The molecule has 3 aliphatic rings. The minimum Gasteiger partial charge on any atom is -0.417 e. The lowest BCUT2D eigenvalue weighted by Crippen LogP contribution is -2.42. The zero-order chi connectivity index (χ0) is 20.3. The Morgan fingerprint density at radius 3 is 2.14 bits per heavy atom. The average Bonchev–Trinajstić information content (AvgIpc) is 2.95. The van der Waals surface area contributed by atoms with Crippen LogP contribution >= 0.6 is 0 Å². The van der Waals surface area contributed by atoms with E-state index >= 15 is 0 Å². The van der Waals surface area contributed by atoms with Crippen LogP contribution in [0.2, 0.25) is 0 Å². The van der Waals surface area contributed by atoms with Gasteiger partial charge in [0.05, 0.1) is 0 Å². The number of Topliss-reactive ketones (excluding diaryl/α,β-unsaturated/α-hetero) is 1. The molecule has 1 saturated heterocycles. The highest BCUT2D eigenvalue weighted by Crippen LogP contribution is 2.65. The Bertz CT molecular complexity index is 876. The maximum absolute atomic E-state index is 13.0. The number of carbonyl (C=O) groups excluding carboxylic acids is 3. The molecule has 0 amide bonds. The van der Waals surface area contributed by atoms with Crippen LogP contribution in [0.4, 0.5) is 0 Å². The molecule has 5 nitrogen and oxygen atoms in total. The molecule has 3 fully saturated rings. The van der Waals surface area contributed by atoms with Crippen molar-refractivity contribution in [3.63, 3.8) is 0 Å². The normalized spacial score (nSPS) is 31.8. The first-order chi connectivity index (χ1) is 13.1. The lowest BCUT2D eigenvalue weighted by Gasteiger charge is -2.35. The third kappa shape index (κ3) is 2.48. The summed E-state index contributed by atoms with van der Waals surface area (Å²) >= 11 is 0. The van der Waals surface area contributed by atoms with Crippen LogP contribution in [0.3, 0.4) is 0 Å². The molecule has 1 aromatic carbocycles. The van der Waals surface area contributed by atoms with E-state index in [0.717, 1.165) is 24.0 Å². The molecule has 0 aromatic heterocycles. The molecule has 2 saturated carbocycles. The second kappa shape index (κ2) is 6.03. The zero-order valence-electron chi connectivity index (χ0n) is 16.8. The van der Waals surface area contributed by atoms with Crippen molar-refractivity contribution >= 4 is 23.8 Å². The van der Waals surface area contributed by atoms with Gasteiger partial charge in [-0.15, -0.1) is 0 Å². The van der Waals surface area contributed by atoms with E-state index in [0.29, 0.717) is 12.0 Å². The molecule has 4 rings (SSSR count). The second-order valence-electron chi connectivity index (χ2n) is 8.93. The van der Waals surface area contributed by atoms with Crippen LogP contribution in [-0.2, 0) is 29.6 Å². The first-order valence-electron chi connectivity index (χ1n) is 9.93. The number of hydrogen-bond donors (Lipinski definition) is 0. The molecule has 1 aliphatic heterocycles. The number of benzene rings is 1. The lowest BCUT2D eigenvalue weighted by atomic mass is 9.70. The van der Waals surface area contributed by atoms with Gasteiger partial charge in [0.15, 0.2) is 5.78 Å². The molecule has 2 bridgehead atoms. The topological polar surface area (TPSA) is 69.7 Å². The van der Waals surface area contributed by atoms with E-state index in [9.17, 15) is 14.4 Å². The highest BCUT2D eigenvalue weighted by atomic mass is 16.7. The number of rotatable bonds is 3. The predicted octanol–water partition coefficient (Wildman–Crippen LogP) is 4.15. The standard InChI is InChI=1S/C23H26O5/c1-5-23(27-18(24)13-19(25)28-23)15-8-6-14(7-9-15)12-16-17-10-11-22(4,20(16)26)21(17,2)3/h6-9,12,17H,5,10-11,13H2,1-4H3. The van der Waals surface area contributed by atoms with Crippen LogP contribution in [0.5, 0.6) is 0 Å². The molecular weight excluding hydrogens is 356 g/mol. The Labute approximate surface area is 165 Å². The van der Waals surface area contributed by atoms with Gasteiger partial charge < -0.3 is 9.47 Å². The fourth-order valence-corrected chi connectivity index (χ4v) is 5.15. The Kier molecular flexibility index (Phi) is 4.07. The Hall–Kier alpha value is -2.43. The van der Waals surface area contributed by atoms with Crippen LogP contribution in [0.1, 0.15) is 64.5 Å². The predicted molar refractivity (Wildman–Crippen MR) is 103 cm³/mol. The summed E-state index contributed by atoms with van der Waals surface area (Å²) in [4.78, 5) is 36.5. The summed E-state index contributed by atoms with van der Waals surface area (Å²) in [5.74, 6) is -1.97. The Morgan fingerprint density at radius 2 is 1.64 bits per heavy atom. The molecule has 0 spiro atoms. The number of fused-ring (bicyclic) bond motifs is 2. The first kappa shape index (κ1) is 18.9. The summed E-state index contributed by atoms with van der Waals surface area (Å²) in [6.07, 6.45) is 3.96. The summed E-state index contributed by atoms with van der Waals surface area (Å²) in [6.45, 7) is 8.29. The SMILES string of the molecule is CCC1(c2ccc(C=C3C(=O)C4(C)CCC3C4(C)C)cc2)OC(=O)CC(=O)O1. The van der Waals surface area contributed by atoms with Crippen molar-refractivity contribution in [1.82, 2.24) is 0 Å². The Balaban J connectivity index is 1.65. The van der Waals surface area contributed by atoms with Crippen molar-refractivity contribution in [2.75, 3.05) is 0 Å². The smallest absolute Gasteiger partial charge is 0.320 e. The van der Waals surface area contributed by atoms with E-state index in [1.165, 1.54) is 0 Å². The first-order valence-corrected chi connectivity index (χ1v) is 9.93. The quantitative estimate of drug-likeness (QED) is 0.446. The van der Waals surface area contributed by atoms with E-state index in [-0.39, 0.29) is 29.0 Å². The van der Waals surface area contributed by atoms with Crippen LogP contribution in [-0.4, -0.2) is 17.7 Å². The molecule has 28 heavy (non-hydrogen) atoms. The zero-order valence-corrected chi connectivity index (χ0v) is 16.8. The minimum atomic E-state index is -1.37. The number of esters is 2. The van der Waals surface area contributed by atoms with Gasteiger partial charge in [-0.3, -0.25) is 14.4 Å². The van der Waals surface area contributed by atoms with Gasteiger partial charge in [0.1, 0.15) is 6.42 Å². The van der Waals surface area contributed by atoms with E-state index in [4.69, 9.17) is 9.47 Å². The van der Waals surface area contributed by atoms with Crippen LogP contribution in [0.15, 0.2) is 29.8 Å². The number of hydrogen-bond acceptors (Lipinski definition) is 5. The maximum Gasteiger partial charge on any atom is 0.320 e. The van der Waals surface area contributed by atoms with Gasteiger partial charge in [0.25, 0.3) is 5.79 Å². The fourth-order valence-electron chi connectivity index (χ4n) is 5.15. The molecule has 2 atom stereocenters. The number of carbonyl (C=O) groups is 3. The molecule has 1 heterocycles. The second-order valence-corrected chi connectivity index (χ2v) is 8.93. The molecular formula is C23H26O5. The number of cyclic esters (lactones) is 2. The van der Waals surface area contributed by atoms with E-state index in [2.05, 4.69) is 20.8 Å². The van der Waals surface area contributed by atoms with Gasteiger partial charge in [-0.05, 0) is 41.4 Å². The van der Waals surface area contributed by atoms with Crippen LogP contribution in [0.25, 0.3) is 6.08 Å². The van der Waals surface area contributed by atoms with Gasteiger partial charge in [0.2, 0.25) is 0 Å². The molecule has 2 unspecified atom stereocenters. The fraction of sp³-hybridized carbons (Fsp3) is 0.522.